The van der Waals surface area contributed by atoms with Crippen molar-refractivity contribution in [3.63, 3.8) is 0 Å². The second kappa shape index (κ2) is 9.43. The zero-order valence-electron chi connectivity index (χ0n) is 16.6. The molecule has 0 fully saturated rings. The minimum Gasteiger partial charge on any atom is -0.497 e. The lowest BCUT2D eigenvalue weighted by atomic mass is 10.2. The minimum absolute atomic E-state index is 0.240. The lowest BCUT2D eigenvalue weighted by Gasteiger charge is -2.25. The average Bonchev–Trinajstić information content (AvgIpc) is 2.75. The largest absolute Gasteiger partial charge is 0.497 e. The maximum absolute atomic E-state index is 14.8. The molecule has 0 unspecified atom stereocenters. The van der Waals surface area contributed by atoms with Crippen LogP contribution in [0.15, 0.2) is 47.4 Å². The Bertz CT molecular complexity index is 1280. The highest BCUT2D eigenvalue weighted by molar-refractivity contribution is 7.93. The molecule has 1 heterocycles. The van der Waals surface area contributed by atoms with E-state index in [4.69, 9.17) is 32.7 Å². The summed E-state index contributed by atoms with van der Waals surface area (Å²) in [4.78, 5) is 2.51. The van der Waals surface area contributed by atoms with E-state index in [1.54, 1.807) is 6.07 Å². The van der Waals surface area contributed by atoms with Crippen molar-refractivity contribution in [1.29, 1.82) is 0 Å². The predicted octanol–water partition coefficient (Wildman–Crippen LogP) is 5.22. The first-order valence-corrected chi connectivity index (χ1v) is 11.0. The lowest BCUT2D eigenvalue weighted by molar-refractivity contribution is 0.391. The number of methoxy groups -OCH3 is 2. The third-order valence-electron chi connectivity index (χ3n) is 4.38. The maximum Gasteiger partial charge on any atom is 0.270 e. The van der Waals surface area contributed by atoms with Gasteiger partial charge in [0.1, 0.15) is 33.1 Å². The summed E-state index contributed by atoms with van der Waals surface area (Å²) in [5, 5.41) is -1.80. The Morgan fingerprint density at radius 1 is 1.03 bits per heavy atom. The normalized spacial score (nSPS) is 11.3. The Hall–Kier alpha value is -2.69. The standard InChI is InChI=1S/C20H15Cl2F3N2O4S/c1-30-12-7-6-11(15(8-12)31-2)10-27(17-5-3-4-16(24)26-17)32(28,29)20-13(21)9-14(23)18(22)19(20)25/h3-9H,10H2,1-2H3. The quantitative estimate of drug-likeness (QED) is 0.249. The van der Waals surface area contributed by atoms with Crippen LogP contribution in [0.4, 0.5) is 19.0 Å². The number of halogens is 5. The molecule has 32 heavy (non-hydrogen) atoms. The van der Waals surface area contributed by atoms with Crippen LogP contribution in [0.5, 0.6) is 11.5 Å². The summed E-state index contributed by atoms with van der Waals surface area (Å²) in [5.41, 5.74) is 0.313. The van der Waals surface area contributed by atoms with E-state index < -0.39 is 49.1 Å². The molecular weight excluding hydrogens is 492 g/mol. The third kappa shape index (κ3) is 4.57. The van der Waals surface area contributed by atoms with Crippen molar-refractivity contribution in [1.82, 2.24) is 4.98 Å². The van der Waals surface area contributed by atoms with Crippen molar-refractivity contribution in [3.8, 4) is 11.5 Å². The molecule has 0 amide bonds. The summed E-state index contributed by atoms with van der Waals surface area (Å²) in [5.74, 6) is -3.50. The number of pyridine rings is 1. The van der Waals surface area contributed by atoms with Gasteiger partial charge in [0, 0.05) is 11.6 Å². The number of sulfonamides is 1. The van der Waals surface area contributed by atoms with Crippen LogP contribution < -0.4 is 13.8 Å². The highest BCUT2D eigenvalue weighted by Gasteiger charge is 2.34. The summed E-state index contributed by atoms with van der Waals surface area (Å²) in [7, 11) is -2.06. The van der Waals surface area contributed by atoms with Gasteiger partial charge in [-0.1, -0.05) is 29.3 Å². The first-order chi connectivity index (χ1) is 15.1. The van der Waals surface area contributed by atoms with Crippen molar-refractivity contribution < 1.29 is 31.1 Å². The summed E-state index contributed by atoms with van der Waals surface area (Å²) >= 11 is 11.5. The Morgan fingerprint density at radius 2 is 1.75 bits per heavy atom. The first-order valence-electron chi connectivity index (χ1n) is 8.79. The van der Waals surface area contributed by atoms with E-state index in [1.165, 1.54) is 38.5 Å². The maximum atomic E-state index is 14.8. The van der Waals surface area contributed by atoms with Crippen molar-refractivity contribution in [2.45, 2.75) is 11.4 Å². The molecule has 1 aromatic heterocycles. The highest BCUT2D eigenvalue weighted by atomic mass is 35.5. The van der Waals surface area contributed by atoms with Gasteiger partial charge in [-0.05, 0) is 30.3 Å². The monoisotopic (exact) mass is 506 g/mol. The van der Waals surface area contributed by atoms with Crippen molar-refractivity contribution in [2.75, 3.05) is 18.5 Å². The molecule has 0 bridgehead atoms. The number of aromatic nitrogens is 1. The van der Waals surface area contributed by atoms with Crippen LogP contribution in [0, 0.1) is 17.6 Å². The molecule has 3 aromatic rings. The number of benzene rings is 2. The Morgan fingerprint density at radius 3 is 2.38 bits per heavy atom. The molecule has 6 nitrogen and oxygen atoms in total. The molecule has 0 aliphatic carbocycles. The minimum atomic E-state index is -4.85. The molecule has 0 aliphatic heterocycles. The second-order valence-corrected chi connectivity index (χ2v) is 8.89. The van der Waals surface area contributed by atoms with Crippen LogP contribution in [0.1, 0.15) is 5.56 Å². The SMILES string of the molecule is COc1ccc(CN(c2cccc(F)n2)S(=O)(=O)c2c(Cl)cc(F)c(Cl)c2F)c(OC)c1. The van der Waals surface area contributed by atoms with Gasteiger partial charge in [-0.15, -0.1) is 0 Å². The molecule has 3 rings (SSSR count). The Kier molecular flexibility index (Phi) is 7.06. The molecule has 0 saturated heterocycles. The summed E-state index contributed by atoms with van der Waals surface area (Å²) in [6.07, 6.45) is 0. The number of nitrogens with zero attached hydrogens (tertiary/aromatic N) is 2. The van der Waals surface area contributed by atoms with Gasteiger partial charge in [0.05, 0.1) is 25.8 Å². The number of ether oxygens (including phenoxy) is 2. The topological polar surface area (TPSA) is 68.7 Å². The summed E-state index contributed by atoms with van der Waals surface area (Å²) < 4.78 is 80.3. The Labute approximate surface area is 192 Å². The first kappa shape index (κ1) is 24.0. The van der Waals surface area contributed by atoms with Gasteiger partial charge in [0.2, 0.25) is 5.95 Å². The second-order valence-electron chi connectivity index (χ2n) is 6.31. The number of anilines is 1. The molecule has 170 valence electrons. The Balaban J connectivity index is 2.22. The van der Waals surface area contributed by atoms with Crippen molar-refractivity contribution in [3.05, 3.63) is 75.7 Å². The predicted molar refractivity (Wildman–Crippen MR) is 113 cm³/mol. The molecule has 0 radical (unpaired) electrons. The number of hydrogen-bond acceptors (Lipinski definition) is 5. The van der Waals surface area contributed by atoms with E-state index in [2.05, 4.69) is 4.98 Å². The van der Waals surface area contributed by atoms with Gasteiger partial charge >= 0.3 is 0 Å². The van der Waals surface area contributed by atoms with Crippen LogP contribution in [-0.4, -0.2) is 27.6 Å². The zero-order chi connectivity index (χ0) is 23.6. The molecule has 0 saturated carbocycles. The molecule has 0 N–H and O–H groups in total. The van der Waals surface area contributed by atoms with Crippen LogP contribution >= 0.6 is 23.2 Å². The molecule has 0 atom stereocenters. The van der Waals surface area contributed by atoms with E-state index in [0.717, 1.165) is 6.07 Å². The van der Waals surface area contributed by atoms with E-state index >= 15 is 0 Å². The molecule has 2 aromatic carbocycles. The van der Waals surface area contributed by atoms with Gasteiger partial charge < -0.3 is 9.47 Å². The fraction of sp³-hybridized carbons (Fsp3) is 0.150. The van der Waals surface area contributed by atoms with Gasteiger partial charge in [-0.3, -0.25) is 0 Å². The van der Waals surface area contributed by atoms with E-state index in [1.807, 2.05) is 0 Å². The van der Waals surface area contributed by atoms with Gasteiger partial charge in [-0.2, -0.15) is 4.39 Å². The van der Waals surface area contributed by atoms with E-state index in [0.29, 0.717) is 21.7 Å². The smallest absolute Gasteiger partial charge is 0.270 e. The molecule has 12 heteroatoms. The molecule has 0 aliphatic rings. The lowest BCUT2D eigenvalue weighted by Crippen LogP contribution is -2.32. The summed E-state index contributed by atoms with van der Waals surface area (Å²) in [6, 6.07) is 8.56. The number of hydrogen-bond donors (Lipinski definition) is 0. The fourth-order valence-corrected chi connectivity index (χ4v) is 5.05. The van der Waals surface area contributed by atoms with E-state index in [-0.39, 0.29) is 11.6 Å². The highest BCUT2D eigenvalue weighted by Crippen LogP contribution is 2.36. The van der Waals surface area contributed by atoms with Crippen LogP contribution in [-0.2, 0) is 16.6 Å². The fourth-order valence-electron chi connectivity index (χ4n) is 2.86. The van der Waals surface area contributed by atoms with Gasteiger partial charge in [0.15, 0.2) is 5.82 Å². The third-order valence-corrected chi connectivity index (χ3v) is 6.95. The summed E-state index contributed by atoms with van der Waals surface area (Å²) in [6.45, 7) is -0.462. The number of rotatable bonds is 7. The van der Waals surface area contributed by atoms with Gasteiger partial charge in [0.25, 0.3) is 10.0 Å². The molecular formula is C20H15Cl2F3N2O4S. The van der Waals surface area contributed by atoms with E-state index in [9.17, 15) is 21.6 Å². The van der Waals surface area contributed by atoms with Crippen LogP contribution in [0.3, 0.4) is 0 Å². The zero-order valence-corrected chi connectivity index (χ0v) is 18.9. The van der Waals surface area contributed by atoms with Gasteiger partial charge in [-0.25, -0.2) is 26.5 Å². The van der Waals surface area contributed by atoms with Crippen molar-refractivity contribution in [2.24, 2.45) is 0 Å². The van der Waals surface area contributed by atoms with Crippen LogP contribution in [0.25, 0.3) is 0 Å². The molecule has 0 spiro atoms. The van der Waals surface area contributed by atoms with Crippen molar-refractivity contribution >= 4 is 39.0 Å². The van der Waals surface area contributed by atoms with Crippen LogP contribution in [0.2, 0.25) is 10.0 Å². The average molecular weight is 507 g/mol.